The summed E-state index contributed by atoms with van der Waals surface area (Å²) in [5.74, 6) is -1.70. The zero-order valence-electron chi connectivity index (χ0n) is 12.4. The summed E-state index contributed by atoms with van der Waals surface area (Å²) in [6, 6.07) is 3.58. The molecular weight excluding hydrogens is 320 g/mol. The standard InChI is InChI=1S/C16H17F2N3OS/c17-12-2-1-10(7-13(12)18)8-20-15(22)14-9-23-16(21-14)11-3-5-19-6-4-11/h1-2,7,9,11,19H,3-6,8H2,(H,20,22). The van der Waals surface area contributed by atoms with Crippen molar-refractivity contribution in [3.8, 4) is 0 Å². The van der Waals surface area contributed by atoms with Gasteiger partial charge in [0.15, 0.2) is 11.6 Å². The molecule has 3 rings (SSSR count). The Hall–Kier alpha value is -1.86. The number of hydrogen-bond acceptors (Lipinski definition) is 4. The first-order chi connectivity index (χ1) is 11.1. The molecule has 1 aromatic heterocycles. The molecule has 1 saturated heterocycles. The molecule has 1 aliphatic rings. The minimum absolute atomic E-state index is 0.135. The van der Waals surface area contributed by atoms with E-state index in [-0.39, 0.29) is 12.5 Å². The maximum atomic E-state index is 13.1. The average molecular weight is 337 g/mol. The number of hydrogen-bond donors (Lipinski definition) is 2. The second-order valence-corrected chi connectivity index (χ2v) is 6.42. The van der Waals surface area contributed by atoms with E-state index in [2.05, 4.69) is 15.6 Å². The van der Waals surface area contributed by atoms with Crippen LogP contribution in [0.4, 0.5) is 8.78 Å². The molecule has 23 heavy (non-hydrogen) atoms. The maximum absolute atomic E-state index is 13.1. The predicted octanol–water partition coefficient (Wildman–Crippen LogP) is 2.82. The van der Waals surface area contributed by atoms with Gasteiger partial charge in [-0.05, 0) is 43.6 Å². The van der Waals surface area contributed by atoms with Gasteiger partial charge in [0.05, 0.1) is 5.01 Å². The molecule has 0 unspecified atom stereocenters. The molecule has 0 atom stereocenters. The number of amides is 1. The molecule has 0 spiro atoms. The maximum Gasteiger partial charge on any atom is 0.271 e. The van der Waals surface area contributed by atoms with Crippen LogP contribution in [0.25, 0.3) is 0 Å². The molecule has 0 bridgehead atoms. The van der Waals surface area contributed by atoms with E-state index in [4.69, 9.17) is 0 Å². The number of aromatic nitrogens is 1. The van der Waals surface area contributed by atoms with E-state index in [1.807, 2.05) is 0 Å². The van der Waals surface area contributed by atoms with E-state index in [9.17, 15) is 13.6 Å². The van der Waals surface area contributed by atoms with Crippen LogP contribution < -0.4 is 10.6 Å². The minimum atomic E-state index is -0.918. The molecule has 0 saturated carbocycles. The van der Waals surface area contributed by atoms with Crippen molar-refractivity contribution in [1.29, 1.82) is 0 Å². The minimum Gasteiger partial charge on any atom is -0.347 e. The molecule has 122 valence electrons. The highest BCUT2D eigenvalue weighted by Gasteiger charge is 2.20. The summed E-state index contributed by atoms with van der Waals surface area (Å²) in [6.45, 7) is 2.08. The molecule has 0 aliphatic carbocycles. The molecule has 1 aromatic carbocycles. The van der Waals surface area contributed by atoms with E-state index < -0.39 is 11.6 Å². The van der Waals surface area contributed by atoms with E-state index in [1.165, 1.54) is 17.4 Å². The van der Waals surface area contributed by atoms with Crippen molar-refractivity contribution in [1.82, 2.24) is 15.6 Å². The number of thiazole rings is 1. The Morgan fingerprint density at radius 2 is 2.09 bits per heavy atom. The first-order valence-corrected chi connectivity index (χ1v) is 8.39. The Bertz CT molecular complexity index is 698. The zero-order valence-corrected chi connectivity index (χ0v) is 13.3. The number of rotatable bonds is 4. The third-order valence-corrected chi connectivity index (χ3v) is 4.89. The summed E-state index contributed by atoms with van der Waals surface area (Å²) in [6.07, 6.45) is 2.06. The van der Waals surface area contributed by atoms with Gasteiger partial charge in [-0.3, -0.25) is 4.79 Å². The van der Waals surface area contributed by atoms with Crippen molar-refractivity contribution in [2.24, 2.45) is 0 Å². The van der Waals surface area contributed by atoms with Crippen LogP contribution in [0.5, 0.6) is 0 Å². The lowest BCUT2D eigenvalue weighted by molar-refractivity contribution is 0.0946. The SMILES string of the molecule is O=C(NCc1ccc(F)c(F)c1)c1csc(C2CCNCC2)n1. The molecule has 2 heterocycles. The quantitative estimate of drug-likeness (QED) is 0.902. The lowest BCUT2D eigenvalue weighted by atomic mass is 9.99. The molecular formula is C16H17F2N3OS. The predicted molar refractivity (Wildman–Crippen MR) is 84.5 cm³/mol. The summed E-state index contributed by atoms with van der Waals surface area (Å²) in [5, 5.41) is 8.72. The molecule has 1 fully saturated rings. The van der Waals surface area contributed by atoms with Crippen molar-refractivity contribution < 1.29 is 13.6 Å². The van der Waals surface area contributed by atoms with Crippen LogP contribution in [-0.2, 0) is 6.54 Å². The highest BCUT2D eigenvalue weighted by atomic mass is 32.1. The molecule has 7 heteroatoms. The van der Waals surface area contributed by atoms with Crippen molar-refractivity contribution in [3.63, 3.8) is 0 Å². The van der Waals surface area contributed by atoms with Gasteiger partial charge in [-0.15, -0.1) is 11.3 Å². The zero-order chi connectivity index (χ0) is 16.2. The number of halogens is 2. The van der Waals surface area contributed by atoms with E-state index >= 15 is 0 Å². The van der Waals surface area contributed by atoms with Crippen LogP contribution in [0.1, 0.15) is 39.8 Å². The smallest absolute Gasteiger partial charge is 0.271 e. The van der Waals surface area contributed by atoms with Gasteiger partial charge in [0.25, 0.3) is 5.91 Å². The lowest BCUT2D eigenvalue weighted by Crippen LogP contribution is -2.27. The average Bonchev–Trinajstić information content (AvgIpc) is 3.06. The normalized spacial score (nSPS) is 15.6. The molecule has 0 radical (unpaired) electrons. The van der Waals surface area contributed by atoms with Gasteiger partial charge in [-0.25, -0.2) is 13.8 Å². The third kappa shape index (κ3) is 3.92. The van der Waals surface area contributed by atoms with Crippen LogP contribution in [-0.4, -0.2) is 24.0 Å². The molecule has 1 aliphatic heterocycles. The van der Waals surface area contributed by atoms with E-state index in [0.29, 0.717) is 17.2 Å². The van der Waals surface area contributed by atoms with E-state index in [1.54, 1.807) is 5.38 Å². The Balaban J connectivity index is 1.59. The van der Waals surface area contributed by atoms with Gasteiger partial charge in [0, 0.05) is 17.8 Å². The van der Waals surface area contributed by atoms with Crippen molar-refractivity contribution >= 4 is 17.2 Å². The van der Waals surface area contributed by atoms with Gasteiger partial charge in [-0.2, -0.15) is 0 Å². The van der Waals surface area contributed by atoms with E-state index in [0.717, 1.165) is 43.1 Å². The van der Waals surface area contributed by atoms with Crippen LogP contribution in [0, 0.1) is 11.6 Å². The summed E-state index contributed by atoms with van der Waals surface area (Å²) >= 11 is 1.50. The molecule has 4 nitrogen and oxygen atoms in total. The fraction of sp³-hybridized carbons (Fsp3) is 0.375. The summed E-state index contributed by atoms with van der Waals surface area (Å²) in [4.78, 5) is 16.5. The Labute approximate surface area is 136 Å². The topological polar surface area (TPSA) is 54.0 Å². The van der Waals surface area contributed by atoms with Crippen LogP contribution in [0.2, 0.25) is 0 Å². The largest absolute Gasteiger partial charge is 0.347 e. The van der Waals surface area contributed by atoms with Crippen molar-refractivity contribution in [2.75, 3.05) is 13.1 Å². The van der Waals surface area contributed by atoms with Crippen LogP contribution in [0.15, 0.2) is 23.6 Å². The number of carbonyl (C=O) groups is 1. The third-order valence-electron chi connectivity index (χ3n) is 3.88. The van der Waals surface area contributed by atoms with Gasteiger partial charge in [-0.1, -0.05) is 6.07 Å². The monoisotopic (exact) mass is 337 g/mol. The highest BCUT2D eigenvalue weighted by Crippen LogP contribution is 2.27. The number of benzene rings is 1. The summed E-state index contributed by atoms with van der Waals surface area (Å²) in [5.41, 5.74) is 0.886. The molecule has 1 amide bonds. The van der Waals surface area contributed by atoms with Gasteiger partial charge < -0.3 is 10.6 Å². The second kappa shape index (κ2) is 7.14. The number of carbonyl (C=O) groups excluding carboxylic acids is 1. The highest BCUT2D eigenvalue weighted by molar-refractivity contribution is 7.09. The Morgan fingerprint density at radius 1 is 1.30 bits per heavy atom. The summed E-state index contributed by atoms with van der Waals surface area (Å²) in [7, 11) is 0. The van der Waals surface area contributed by atoms with Gasteiger partial charge in [0.1, 0.15) is 5.69 Å². The first kappa shape index (κ1) is 16.0. The molecule has 2 aromatic rings. The Morgan fingerprint density at radius 3 is 2.83 bits per heavy atom. The number of nitrogens with one attached hydrogen (secondary N) is 2. The van der Waals surface area contributed by atoms with Crippen molar-refractivity contribution in [3.05, 3.63) is 51.5 Å². The fourth-order valence-electron chi connectivity index (χ4n) is 2.57. The Kier molecular flexibility index (Phi) is 4.97. The first-order valence-electron chi connectivity index (χ1n) is 7.52. The van der Waals surface area contributed by atoms with Gasteiger partial charge >= 0.3 is 0 Å². The van der Waals surface area contributed by atoms with Crippen LogP contribution >= 0.6 is 11.3 Å². The molecule has 2 N–H and O–H groups in total. The number of piperidine rings is 1. The summed E-state index contributed by atoms with van der Waals surface area (Å²) < 4.78 is 26.0. The lowest BCUT2D eigenvalue weighted by Gasteiger charge is -2.20. The number of nitrogens with zero attached hydrogens (tertiary/aromatic N) is 1. The van der Waals surface area contributed by atoms with Crippen molar-refractivity contribution in [2.45, 2.75) is 25.3 Å². The second-order valence-electron chi connectivity index (χ2n) is 5.53. The van der Waals surface area contributed by atoms with Gasteiger partial charge in [0.2, 0.25) is 0 Å². The fourth-order valence-corrected chi connectivity index (χ4v) is 3.54. The van der Waals surface area contributed by atoms with Crippen LogP contribution in [0.3, 0.4) is 0 Å².